The molecule has 0 aromatic heterocycles. The Labute approximate surface area is 406 Å². The number of hydrogen-bond acceptors (Lipinski definition) is 18. The molecule has 4 bridgehead atoms. The maximum absolute atomic E-state index is 15.3. The molecule has 0 amide bonds. The highest BCUT2D eigenvalue weighted by Crippen LogP contribution is 2.65. The number of nitrogens with zero attached hydrogens (tertiary/aromatic N) is 3. The largest absolute Gasteiger partial charge is 0.514 e. The molecule has 2 fully saturated rings. The van der Waals surface area contributed by atoms with Crippen molar-refractivity contribution in [2.24, 2.45) is 0 Å². The molecule has 17 nitrogen and oxygen atoms in total. The molecule has 69 heavy (non-hydrogen) atoms. The molecule has 7 heterocycles. The molecule has 7 atom stereocenters. The SMILES string of the molecule is CCCC(=O)Oc1c(C)c2c(c3c1[C@H]1SC[C@]4(NCCc5cc(OC(=O)OC(C)(C)C)c(OC)cc54)C(=O)OC[C@H]3N3C1[C@@H]1c4c(cc(C)c(OC)c4OC(=O)CCC)C[C@H]([C@@H]3C#N)N1C)OCO2. The number of carbonyl (C=O) groups is 4. The third kappa shape index (κ3) is 8.08. The van der Waals surface area contributed by atoms with Crippen LogP contribution >= 0.6 is 11.8 Å². The van der Waals surface area contributed by atoms with E-state index < -0.39 is 64.6 Å². The maximum atomic E-state index is 15.3. The Balaban J connectivity index is 1.29. The molecular formula is C51H60N4O13S. The minimum atomic E-state index is -1.48. The summed E-state index contributed by atoms with van der Waals surface area (Å²) in [5.41, 5.74) is 3.35. The lowest BCUT2D eigenvalue weighted by atomic mass is 9.71. The first-order valence-corrected chi connectivity index (χ1v) is 24.7. The summed E-state index contributed by atoms with van der Waals surface area (Å²) in [6.07, 6.45) is 1.50. The van der Waals surface area contributed by atoms with E-state index in [0.29, 0.717) is 83.2 Å². The number of likely N-dealkylation sites (N-methyl/N-ethyl adjacent to an activating group) is 1. The van der Waals surface area contributed by atoms with Crippen LogP contribution in [0.3, 0.4) is 0 Å². The number of hydrogen-bond donors (Lipinski definition) is 1. The Morgan fingerprint density at radius 3 is 2.28 bits per heavy atom. The highest BCUT2D eigenvalue weighted by Gasteiger charge is 2.62. The van der Waals surface area contributed by atoms with Crippen LogP contribution in [0, 0.1) is 25.2 Å². The van der Waals surface area contributed by atoms with Gasteiger partial charge in [-0.05, 0) is 102 Å². The van der Waals surface area contributed by atoms with Crippen LogP contribution in [0.2, 0.25) is 0 Å². The van der Waals surface area contributed by atoms with E-state index in [0.717, 1.165) is 22.3 Å². The number of ether oxygens (including phenoxy) is 9. The van der Waals surface area contributed by atoms with Gasteiger partial charge in [0, 0.05) is 59.5 Å². The normalized spacial score (nSPS) is 25.5. The smallest absolute Gasteiger partial charge is 0.493 e. The van der Waals surface area contributed by atoms with Gasteiger partial charge in [0.05, 0.1) is 37.6 Å². The minimum absolute atomic E-state index is 0.0721. The van der Waals surface area contributed by atoms with Crippen molar-refractivity contribution in [2.45, 2.75) is 134 Å². The van der Waals surface area contributed by atoms with Gasteiger partial charge >= 0.3 is 24.1 Å². The first-order valence-electron chi connectivity index (χ1n) is 23.6. The van der Waals surface area contributed by atoms with E-state index in [1.165, 1.54) is 18.9 Å². The van der Waals surface area contributed by atoms with Crippen molar-refractivity contribution in [3.8, 4) is 46.3 Å². The second-order valence-electron chi connectivity index (χ2n) is 19.5. The summed E-state index contributed by atoms with van der Waals surface area (Å²) < 4.78 is 55.0. The first-order chi connectivity index (χ1) is 33.0. The summed E-state index contributed by atoms with van der Waals surface area (Å²) in [5, 5.41) is 14.3. The van der Waals surface area contributed by atoms with Crippen LogP contribution in [0.5, 0.6) is 40.2 Å². The van der Waals surface area contributed by atoms with Crippen molar-refractivity contribution in [3.63, 3.8) is 0 Å². The number of nitriles is 1. The highest BCUT2D eigenvalue weighted by atomic mass is 32.2. The van der Waals surface area contributed by atoms with Crippen LogP contribution in [0.15, 0.2) is 18.2 Å². The highest BCUT2D eigenvalue weighted by molar-refractivity contribution is 7.99. The number of nitrogens with one attached hydrogen (secondary N) is 1. The van der Waals surface area contributed by atoms with Gasteiger partial charge in [-0.2, -0.15) is 5.26 Å². The van der Waals surface area contributed by atoms with Gasteiger partial charge in [-0.15, -0.1) is 11.8 Å². The van der Waals surface area contributed by atoms with E-state index in [4.69, 9.17) is 42.6 Å². The Bertz CT molecular complexity index is 2660. The van der Waals surface area contributed by atoms with Crippen LogP contribution in [0.4, 0.5) is 4.79 Å². The summed E-state index contributed by atoms with van der Waals surface area (Å²) in [6.45, 7) is 12.8. The summed E-state index contributed by atoms with van der Waals surface area (Å²) >= 11 is 1.46. The van der Waals surface area contributed by atoms with Crippen molar-refractivity contribution in [2.75, 3.05) is 47.0 Å². The predicted molar refractivity (Wildman–Crippen MR) is 251 cm³/mol. The fourth-order valence-electron chi connectivity index (χ4n) is 11.3. The van der Waals surface area contributed by atoms with Crippen LogP contribution in [-0.4, -0.2) is 105 Å². The molecule has 3 aromatic carbocycles. The Morgan fingerprint density at radius 2 is 1.61 bits per heavy atom. The molecule has 7 aliphatic heterocycles. The molecule has 1 N–H and O–H groups in total. The molecule has 1 spiro atoms. The number of methoxy groups -OCH3 is 2. The Kier molecular flexibility index (Phi) is 13.0. The standard InChI is InChI=1S/C51H60N4O13S/c1-11-13-35(56)66-43-26(4)44-45(64-24-63-44)38-32-22-62-48(58)51(29-20-33(60-9)34(19-27(29)15-16-53-51)65-49(59)68-50(5,6)7)23-69-47(39(38)43)41-40-37-28(18-30(54(40)8)31(21-52)55(32)41)17-25(3)42(61-10)46(37)67-36(57)14-12-2/h17,19-20,30-32,40-41,47,53H,11-16,18,22-24H2,1-10H3/t30-,31+,32-,40+,41?,47-,51-/m1/s1. The van der Waals surface area contributed by atoms with E-state index in [2.05, 4.69) is 27.3 Å². The fraction of sp³-hybridized carbons (Fsp3) is 0.549. The van der Waals surface area contributed by atoms with Gasteiger partial charge in [0.1, 0.15) is 24.0 Å². The van der Waals surface area contributed by atoms with Crippen molar-refractivity contribution >= 4 is 35.8 Å². The molecule has 18 heteroatoms. The van der Waals surface area contributed by atoms with Gasteiger partial charge < -0.3 is 42.6 Å². The number of carbonyl (C=O) groups excluding carboxylic acids is 4. The van der Waals surface area contributed by atoms with E-state index >= 15 is 4.79 Å². The lowest BCUT2D eigenvalue weighted by Gasteiger charge is -2.62. The van der Waals surface area contributed by atoms with Gasteiger partial charge in [-0.1, -0.05) is 19.9 Å². The number of thioether (sulfide) groups is 1. The van der Waals surface area contributed by atoms with Gasteiger partial charge in [-0.3, -0.25) is 24.7 Å². The molecule has 0 aliphatic carbocycles. The monoisotopic (exact) mass is 968 g/mol. The molecule has 0 saturated carbocycles. The van der Waals surface area contributed by atoms with Gasteiger partial charge in [0.15, 0.2) is 40.0 Å². The molecule has 368 valence electrons. The van der Waals surface area contributed by atoms with Gasteiger partial charge in [-0.25, -0.2) is 9.59 Å². The average molecular weight is 969 g/mol. The van der Waals surface area contributed by atoms with E-state index in [-0.39, 0.29) is 49.5 Å². The second-order valence-corrected chi connectivity index (χ2v) is 20.6. The summed E-state index contributed by atoms with van der Waals surface area (Å²) in [5.74, 6) is 0.965. The predicted octanol–water partition coefficient (Wildman–Crippen LogP) is 7.38. The minimum Gasteiger partial charge on any atom is -0.493 e. The molecule has 3 aromatic rings. The summed E-state index contributed by atoms with van der Waals surface area (Å²) in [4.78, 5) is 60.0. The average Bonchev–Trinajstić information content (AvgIpc) is 3.79. The van der Waals surface area contributed by atoms with Crippen LogP contribution in [0.25, 0.3) is 0 Å². The zero-order valence-electron chi connectivity index (χ0n) is 40.8. The first kappa shape index (κ1) is 48.3. The van der Waals surface area contributed by atoms with E-state index in [1.807, 2.05) is 34.7 Å². The Hall–Kier alpha value is -5.74. The molecule has 10 rings (SSSR count). The topological polar surface area (TPSA) is 194 Å². The quantitative estimate of drug-likeness (QED) is 0.127. The van der Waals surface area contributed by atoms with Crippen LogP contribution in [-0.2, 0) is 42.2 Å². The number of piperazine rings is 1. The Morgan fingerprint density at radius 1 is 0.899 bits per heavy atom. The van der Waals surface area contributed by atoms with Crippen molar-refractivity contribution in [1.82, 2.24) is 15.1 Å². The molecule has 2 saturated heterocycles. The van der Waals surface area contributed by atoms with Gasteiger partial charge in [0.25, 0.3) is 0 Å². The van der Waals surface area contributed by atoms with Crippen molar-refractivity contribution < 1.29 is 61.8 Å². The maximum Gasteiger partial charge on any atom is 0.514 e. The van der Waals surface area contributed by atoms with E-state index in [1.54, 1.807) is 40.0 Å². The van der Waals surface area contributed by atoms with Crippen LogP contribution in [0.1, 0.15) is 122 Å². The third-order valence-corrected chi connectivity index (χ3v) is 15.6. The van der Waals surface area contributed by atoms with Crippen LogP contribution < -0.4 is 38.5 Å². The third-order valence-electron chi connectivity index (χ3n) is 14.1. The lowest BCUT2D eigenvalue weighted by Crippen LogP contribution is -2.69. The molecule has 0 radical (unpaired) electrons. The number of aryl methyl sites for hydroxylation is 1. The van der Waals surface area contributed by atoms with Gasteiger partial charge in [0.2, 0.25) is 6.79 Å². The summed E-state index contributed by atoms with van der Waals surface area (Å²) in [6, 6.07) is 5.06. The molecule has 7 aliphatic rings. The molecule has 1 unspecified atom stereocenters. The zero-order chi connectivity index (χ0) is 49.3. The second kappa shape index (κ2) is 18.5. The number of fused-ring (bicyclic) bond motifs is 9. The lowest BCUT2D eigenvalue weighted by molar-refractivity contribution is -0.157. The van der Waals surface area contributed by atoms with E-state index in [9.17, 15) is 19.6 Å². The fourth-order valence-corrected chi connectivity index (χ4v) is 13.0. The molecular weight excluding hydrogens is 909 g/mol. The number of rotatable bonds is 9. The van der Waals surface area contributed by atoms with Crippen molar-refractivity contribution in [1.29, 1.82) is 5.26 Å². The zero-order valence-corrected chi connectivity index (χ0v) is 41.6. The number of benzene rings is 3. The number of esters is 3. The van der Waals surface area contributed by atoms with Crippen molar-refractivity contribution in [3.05, 3.63) is 62.7 Å². The summed E-state index contributed by atoms with van der Waals surface area (Å²) in [7, 11) is 5.01.